The minimum atomic E-state index is 1.03. The van der Waals surface area contributed by atoms with Gasteiger partial charge in [-0.15, -0.1) is 0 Å². The highest BCUT2D eigenvalue weighted by atomic mass is 32.2. The van der Waals surface area contributed by atoms with Crippen LogP contribution in [0.4, 0.5) is 0 Å². The number of para-hydroxylation sites is 1. The van der Waals surface area contributed by atoms with Crippen molar-refractivity contribution in [1.82, 2.24) is 9.78 Å². The first-order valence-electron chi connectivity index (χ1n) is 4.91. The molecule has 0 N–H and O–H groups in total. The molecule has 0 saturated carbocycles. The van der Waals surface area contributed by atoms with Crippen molar-refractivity contribution in [2.45, 2.75) is 12.7 Å². The van der Waals surface area contributed by atoms with Gasteiger partial charge in [-0.3, -0.25) is 0 Å². The Morgan fingerprint density at radius 2 is 2.00 bits per heavy atom. The Hall–Kier alpha value is -1.22. The minimum Gasteiger partial charge on any atom is -0.238 e. The highest BCUT2D eigenvalue weighted by molar-refractivity contribution is 7.97. The molecule has 78 valence electrons. The van der Waals surface area contributed by atoms with E-state index in [1.807, 2.05) is 40.8 Å². The molecule has 0 atom stereocenters. The molecular weight excluding hydrogens is 204 g/mol. The zero-order valence-electron chi connectivity index (χ0n) is 8.97. The number of aromatic nitrogens is 2. The molecule has 1 aromatic heterocycles. The summed E-state index contributed by atoms with van der Waals surface area (Å²) in [4.78, 5) is 0. The Balaban J connectivity index is 2.38. The lowest BCUT2D eigenvalue weighted by Gasteiger charge is -2.04. The predicted molar refractivity (Wildman–Crippen MR) is 65.5 cm³/mol. The van der Waals surface area contributed by atoms with Crippen LogP contribution in [0, 0.1) is 6.92 Å². The van der Waals surface area contributed by atoms with E-state index in [-0.39, 0.29) is 0 Å². The first-order chi connectivity index (χ1) is 7.33. The van der Waals surface area contributed by atoms with E-state index >= 15 is 0 Å². The topological polar surface area (TPSA) is 17.8 Å². The van der Waals surface area contributed by atoms with Crippen LogP contribution in [0.1, 0.15) is 11.3 Å². The lowest BCUT2D eigenvalue weighted by Crippen LogP contribution is -1.98. The highest BCUT2D eigenvalue weighted by Crippen LogP contribution is 2.17. The zero-order valence-corrected chi connectivity index (χ0v) is 9.79. The van der Waals surface area contributed by atoms with Crippen molar-refractivity contribution < 1.29 is 0 Å². The van der Waals surface area contributed by atoms with Gasteiger partial charge >= 0.3 is 0 Å². The Morgan fingerprint density at radius 3 is 2.67 bits per heavy atom. The lowest BCUT2D eigenvalue weighted by molar-refractivity contribution is 0.845. The van der Waals surface area contributed by atoms with Crippen molar-refractivity contribution in [3.8, 4) is 5.69 Å². The van der Waals surface area contributed by atoms with E-state index in [0.717, 1.165) is 11.4 Å². The van der Waals surface area contributed by atoms with Crippen LogP contribution in [0.25, 0.3) is 5.69 Å². The van der Waals surface area contributed by atoms with Crippen molar-refractivity contribution in [2.24, 2.45) is 0 Å². The molecule has 0 aliphatic heterocycles. The summed E-state index contributed by atoms with van der Waals surface area (Å²) in [7, 11) is 0. The Morgan fingerprint density at radius 1 is 1.27 bits per heavy atom. The number of nitrogens with zero attached hydrogens (tertiary/aromatic N) is 2. The highest BCUT2D eigenvalue weighted by Gasteiger charge is 2.06. The van der Waals surface area contributed by atoms with Crippen molar-refractivity contribution in [3.63, 3.8) is 0 Å². The molecule has 3 heteroatoms. The van der Waals surface area contributed by atoms with Gasteiger partial charge in [0.05, 0.1) is 11.9 Å². The second-order valence-corrected chi connectivity index (χ2v) is 4.30. The van der Waals surface area contributed by atoms with Crippen LogP contribution in [0.5, 0.6) is 0 Å². The maximum absolute atomic E-state index is 4.41. The Kier molecular flexibility index (Phi) is 3.11. The third-order valence-electron chi connectivity index (χ3n) is 2.41. The quantitative estimate of drug-likeness (QED) is 0.788. The lowest BCUT2D eigenvalue weighted by atomic mass is 10.3. The molecule has 15 heavy (non-hydrogen) atoms. The maximum atomic E-state index is 4.41. The first-order valence-corrected chi connectivity index (χ1v) is 6.30. The van der Waals surface area contributed by atoms with Crippen LogP contribution in [0.2, 0.25) is 0 Å². The number of rotatable bonds is 3. The molecule has 0 aliphatic carbocycles. The van der Waals surface area contributed by atoms with E-state index in [1.165, 1.54) is 11.3 Å². The largest absolute Gasteiger partial charge is 0.238 e. The standard InChI is InChI=1S/C12H14N2S/c1-10-11(9-15-2)8-13-14(10)12-6-4-3-5-7-12/h3-8H,9H2,1-2H3. The first kappa shape index (κ1) is 10.3. The van der Waals surface area contributed by atoms with Crippen LogP contribution < -0.4 is 0 Å². The monoisotopic (exact) mass is 218 g/mol. The molecule has 0 fully saturated rings. The summed E-state index contributed by atoms with van der Waals surface area (Å²) < 4.78 is 1.99. The maximum Gasteiger partial charge on any atom is 0.0648 e. The van der Waals surface area contributed by atoms with Crippen LogP contribution in [-0.2, 0) is 5.75 Å². The van der Waals surface area contributed by atoms with Crippen LogP contribution in [-0.4, -0.2) is 16.0 Å². The van der Waals surface area contributed by atoms with Gasteiger partial charge in [-0.1, -0.05) is 18.2 Å². The van der Waals surface area contributed by atoms with Gasteiger partial charge in [-0.2, -0.15) is 16.9 Å². The van der Waals surface area contributed by atoms with E-state index < -0.39 is 0 Å². The zero-order chi connectivity index (χ0) is 10.7. The second kappa shape index (κ2) is 4.53. The molecule has 0 saturated heterocycles. The average Bonchev–Trinajstić information content (AvgIpc) is 2.63. The van der Waals surface area contributed by atoms with Gasteiger partial charge in [0.15, 0.2) is 0 Å². The molecular formula is C12H14N2S. The smallest absolute Gasteiger partial charge is 0.0648 e. The molecule has 1 aromatic carbocycles. The number of benzene rings is 1. The summed E-state index contributed by atoms with van der Waals surface area (Å²) in [5.41, 5.74) is 3.67. The molecule has 0 spiro atoms. The van der Waals surface area contributed by atoms with Crippen molar-refractivity contribution >= 4 is 11.8 Å². The summed E-state index contributed by atoms with van der Waals surface area (Å²) in [5.74, 6) is 1.03. The summed E-state index contributed by atoms with van der Waals surface area (Å²) >= 11 is 1.82. The van der Waals surface area contributed by atoms with Crippen molar-refractivity contribution in [1.29, 1.82) is 0 Å². The average molecular weight is 218 g/mol. The molecule has 1 heterocycles. The molecule has 0 bridgehead atoms. The summed E-state index contributed by atoms with van der Waals surface area (Å²) in [5, 5.41) is 4.41. The van der Waals surface area contributed by atoms with Crippen LogP contribution in [0.3, 0.4) is 0 Å². The summed E-state index contributed by atoms with van der Waals surface area (Å²) in [6.45, 7) is 2.12. The predicted octanol–water partition coefficient (Wildman–Crippen LogP) is 3.04. The van der Waals surface area contributed by atoms with E-state index in [9.17, 15) is 0 Å². The Labute approximate surface area is 94.3 Å². The van der Waals surface area contributed by atoms with Gasteiger partial charge < -0.3 is 0 Å². The summed E-state index contributed by atoms with van der Waals surface area (Å²) in [6.07, 6.45) is 4.07. The molecule has 2 aromatic rings. The van der Waals surface area contributed by atoms with Gasteiger partial charge in [-0.05, 0) is 25.3 Å². The number of thioether (sulfide) groups is 1. The fraction of sp³-hybridized carbons (Fsp3) is 0.250. The number of hydrogen-bond acceptors (Lipinski definition) is 2. The van der Waals surface area contributed by atoms with Gasteiger partial charge in [0.1, 0.15) is 0 Å². The molecule has 0 radical (unpaired) electrons. The van der Waals surface area contributed by atoms with E-state index in [1.54, 1.807) is 0 Å². The van der Waals surface area contributed by atoms with E-state index in [4.69, 9.17) is 0 Å². The van der Waals surface area contributed by atoms with Gasteiger partial charge in [0.2, 0.25) is 0 Å². The van der Waals surface area contributed by atoms with E-state index in [0.29, 0.717) is 0 Å². The minimum absolute atomic E-state index is 1.03. The second-order valence-electron chi connectivity index (χ2n) is 3.44. The number of hydrogen-bond donors (Lipinski definition) is 0. The molecule has 0 unspecified atom stereocenters. The Bertz CT molecular complexity index is 434. The van der Waals surface area contributed by atoms with Crippen LogP contribution >= 0.6 is 11.8 Å². The fourth-order valence-electron chi connectivity index (χ4n) is 1.57. The fourth-order valence-corrected chi connectivity index (χ4v) is 2.16. The van der Waals surface area contributed by atoms with Gasteiger partial charge in [-0.25, -0.2) is 4.68 Å². The summed E-state index contributed by atoms with van der Waals surface area (Å²) in [6, 6.07) is 10.2. The van der Waals surface area contributed by atoms with E-state index in [2.05, 4.69) is 30.4 Å². The third kappa shape index (κ3) is 2.07. The SMILES string of the molecule is CSCc1cnn(-c2ccccc2)c1C. The van der Waals surface area contributed by atoms with Gasteiger partial charge in [0.25, 0.3) is 0 Å². The van der Waals surface area contributed by atoms with Gasteiger partial charge in [0, 0.05) is 17.0 Å². The normalized spacial score (nSPS) is 10.5. The van der Waals surface area contributed by atoms with Crippen LogP contribution in [0.15, 0.2) is 36.5 Å². The molecule has 0 aliphatic rings. The third-order valence-corrected chi connectivity index (χ3v) is 3.01. The molecule has 2 nitrogen and oxygen atoms in total. The van der Waals surface area contributed by atoms with Crippen molar-refractivity contribution in [3.05, 3.63) is 47.8 Å². The molecule has 0 amide bonds. The van der Waals surface area contributed by atoms with Crippen molar-refractivity contribution in [2.75, 3.05) is 6.26 Å². The molecule has 2 rings (SSSR count).